The molecule has 0 amide bonds. The quantitative estimate of drug-likeness (QED) is 0.282. The lowest BCUT2D eigenvalue weighted by Crippen LogP contribution is -2.40. The average Bonchev–Trinajstić information content (AvgIpc) is 3.52. The minimum atomic E-state index is -3.71. The van der Waals surface area contributed by atoms with E-state index in [4.69, 9.17) is 21.1 Å². The van der Waals surface area contributed by atoms with E-state index in [1.54, 1.807) is 6.07 Å². The van der Waals surface area contributed by atoms with Crippen molar-refractivity contribution in [2.75, 3.05) is 6.54 Å². The highest BCUT2D eigenvalue weighted by Crippen LogP contribution is 2.33. The summed E-state index contributed by atoms with van der Waals surface area (Å²) >= 11 is 6.95. The van der Waals surface area contributed by atoms with Gasteiger partial charge in [0.1, 0.15) is 27.9 Å². The van der Waals surface area contributed by atoms with E-state index in [9.17, 15) is 13.2 Å². The van der Waals surface area contributed by atoms with Gasteiger partial charge < -0.3 is 9.47 Å². The van der Waals surface area contributed by atoms with Crippen LogP contribution in [0.15, 0.2) is 64.9 Å². The van der Waals surface area contributed by atoms with Crippen molar-refractivity contribution < 1.29 is 22.7 Å². The molecule has 4 rings (SSSR count). The van der Waals surface area contributed by atoms with Crippen LogP contribution in [-0.4, -0.2) is 36.7 Å². The van der Waals surface area contributed by atoms with E-state index in [1.165, 1.54) is 10.4 Å². The summed E-state index contributed by atoms with van der Waals surface area (Å²) in [7, 11) is -3.71. The zero-order chi connectivity index (χ0) is 26.6. The first-order valence-electron chi connectivity index (χ1n) is 12.3. The largest absolute Gasteiger partial charge is 0.489 e. The molecule has 1 atom stereocenters. The van der Waals surface area contributed by atoms with Crippen LogP contribution in [0.2, 0.25) is 4.34 Å². The second-order valence-corrected chi connectivity index (χ2v) is 13.9. The predicted molar refractivity (Wildman–Crippen MR) is 147 cm³/mol. The molecule has 2 heterocycles. The van der Waals surface area contributed by atoms with Crippen LogP contribution in [0.4, 0.5) is 0 Å². The zero-order valence-corrected chi connectivity index (χ0v) is 23.7. The maximum atomic E-state index is 13.0. The van der Waals surface area contributed by atoms with Gasteiger partial charge in [0, 0.05) is 13.0 Å². The fraction of sp³-hybridized carbons (Fsp3) is 0.393. The Morgan fingerprint density at radius 1 is 1.00 bits per heavy atom. The van der Waals surface area contributed by atoms with Crippen LogP contribution in [0, 0.1) is 0 Å². The molecule has 3 aromatic rings. The Kier molecular flexibility index (Phi) is 8.63. The van der Waals surface area contributed by atoms with E-state index < -0.39 is 16.1 Å². The summed E-state index contributed by atoms with van der Waals surface area (Å²) in [6.07, 6.45) is 2.08. The number of aryl methyl sites for hydroxylation is 1. The van der Waals surface area contributed by atoms with Crippen molar-refractivity contribution in [1.82, 2.24) is 4.31 Å². The molecule has 0 radical (unpaired) electrons. The van der Waals surface area contributed by atoms with Gasteiger partial charge in [0.25, 0.3) is 10.0 Å². The first kappa shape index (κ1) is 27.6. The summed E-state index contributed by atoms with van der Waals surface area (Å²) in [5, 5.41) is 0. The third-order valence-electron chi connectivity index (χ3n) is 6.02. The molecule has 6 nitrogen and oxygen atoms in total. The number of Topliss-reactive ketones (excluding diaryl/α,β-unsaturated/α-hetero) is 1. The lowest BCUT2D eigenvalue weighted by molar-refractivity contribution is -0.122. The highest BCUT2D eigenvalue weighted by atomic mass is 35.5. The molecule has 0 N–H and O–H groups in total. The molecule has 0 spiro atoms. The molecular weight excluding hydrogens is 530 g/mol. The van der Waals surface area contributed by atoms with E-state index >= 15 is 0 Å². The molecule has 198 valence electrons. The maximum absolute atomic E-state index is 13.0. The number of sulfonamides is 1. The summed E-state index contributed by atoms with van der Waals surface area (Å²) < 4.78 is 39.7. The Morgan fingerprint density at radius 3 is 2.27 bits per heavy atom. The number of carbonyl (C=O) groups excluding carboxylic acids is 1. The number of benzene rings is 2. The second-order valence-electron chi connectivity index (χ2n) is 10.1. The molecule has 0 bridgehead atoms. The first-order valence-corrected chi connectivity index (χ1v) is 14.9. The van der Waals surface area contributed by atoms with Crippen LogP contribution < -0.4 is 9.47 Å². The van der Waals surface area contributed by atoms with Crippen LogP contribution in [0.5, 0.6) is 11.5 Å². The van der Waals surface area contributed by atoms with Gasteiger partial charge in [-0.25, -0.2) is 8.42 Å². The molecule has 1 aromatic heterocycles. The summed E-state index contributed by atoms with van der Waals surface area (Å²) in [5.41, 5.74) is 1.80. The molecule has 0 saturated carbocycles. The van der Waals surface area contributed by atoms with E-state index in [0.717, 1.165) is 34.0 Å². The minimum Gasteiger partial charge on any atom is -0.489 e. The Labute approximate surface area is 228 Å². The fourth-order valence-electron chi connectivity index (χ4n) is 4.26. The monoisotopic (exact) mass is 561 g/mol. The van der Waals surface area contributed by atoms with Crippen LogP contribution in [0.1, 0.15) is 51.2 Å². The van der Waals surface area contributed by atoms with Gasteiger partial charge in [-0.2, -0.15) is 4.31 Å². The molecule has 1 aliphatic heterocycles. The lowest BCUT2D eigenvalue weighted by Gasteiger charge is -2.22. The molecule has 1 aliphatic rings. The third kappa shape index (κ3) is 7.35. The topological polar surface area (TPSA) is 72.9 Å². The van der Waals surface area contributed by atoms with E-state index in [2.05, 4.69) is 0 Å². The standard InChI is InChI=1S/C28H32ClNO5S2/c1-28(2,3)35-23-13-11-22(12-14-23)34-19-21-8-6-20(7-9-21)10-15-25(31)24-5-4-18-30(24)37(32,33)27-17-16-26(29)36-27/h6-9,11-14,16-17,24H,4-5,10,15,18-19H2,1-3H3/t24-/m0/s1. The van der Waals surface area contributed by atoms with Gasteiger partial charge in [-0.05, 0) is 87.6 Å². The van der Waals surface area contributed by atoms with Crippen molar-refractivity contribution in [3.63, 3.8) is 0 Å². The van der Waals surface area contributed by atoms with Crippen LogP contribution in [0.3, 0.4) is 0 Å². The van der Waals surface area contributed by atoms with E-state index in [1.807, 2.05) is 69.3 Å². The number of hydrogen-bond acceptors (Lipinski definition) is 6. The molecule has 1 saturated heterocycles. The Morgan fingerprint density at radius 2 is 1.65 bits per heavy atom. The van der Waals surface area contributed by atoms with Gasteiger partial charge >= 0.3 is 0 Å². The molecule has 9 heteroatoms. The summed E-state index contributed by atoms with van der Waals surface area (Å²) in [6.45, 7) is 6.81. The van der Waals surface area contributed by atoms with Crippen molar-refractivity contribution in [2.45, 2.75) is 68.9 Å². The molecular formula is C28H32ClNO5S2. The summed E-state index contributed by atoms with van der Waals surface area (Å²) in [5.74, 6) is 1.51. The van der Waals surface area contributed by atoms with Crippen LogP contribution >= 0.6 is 22.9 Å². The van der Waals surface area contributed by atoms with Gasteiger partial charge in [-0.3, -0.25) is 4.79 Å². The van der Waals surface area contributed by atoms with Crippen LogP contribution in [-0.2, 0) is 27.8 Å². The SMILES string of the molecule is CC(C)(C)Oc1ccc(OCc2ccc(CCC(=O)[C@@H]3CCCN3S(=O)(=O)c3ccc(Cl)s3)cc2)cc1. The molecule has 2 aromatic carbocycles. The number of halogens is 1. The van der Waals surface area contributed by atoms with Crippen molar-refractivity contribution in [1.29, 1.82) is 0 Å². The Balaban J connectivity index is 1.28. The number of carbonyl (C=O) groups is 1. The van der Waals surface area contributed by atoms with Gasteiger partial charge in [0.2, 0.25) is 0 Å². The van der Waals surface area contributed by atoms with E-state index in [-0.39, 0.29) is 15.6 Å². The first-order chi connectivity index (χ1) is 17.5. The maximum Gasteiger partial charge on any atom is 0.253 e. The predicted octanol–water partition coefficient (Wildman–Crippen LogP) is 6.51. The van der Waals surface area contributed by atoms with Gasteiger partial charge in [0.15, 0.2) is 5.78 Å². The van der Waals surface area contributed by atoms with Crippen molar-refractivity contribution in [2.24, 2.45) is 0 Å². The Hall–Kier alpha value is -2.39. The van der Waals surface area contributed by atoms with Crippen molar-refractivity contribution in [3.05, 3.63) is 76.1 Å². The summed E-state index contributed by atoms with van der Waals surface area (Å²) in [4.78, 5) is 13.0. The van der Waals surface area contributed by atoms with Crippen LogP contribution in [0.25, 0.3) is 0 Å². The number of ketones is 1. The Bertz CT molecular complexity index is 1310. The lowest BCUT2D eigenvalue weighted by atomic mass is 10.0. The van der Waals surface area contributed by atoms with Crippen molar-refractivity contribution >= 4 is 38.7 Å². The van der Waals surface area contributed by atoms with E-state index in [0.29, 0.717) is 43.2 Å². The highest BCUT2D eigenvalue weighted by Gasteiger charge is 2.39. The van der Waals surface area contributed by atoms with Gasteiger partial charge in [0.05, 0.1) is 10.4 Å². The number of thiophene rings is 1. The second kappa shape index (κ2) is 11.6. The zero-order valence-electron chi connectivity index (χ0n) is 21.3. The van der Waals surface area contributed by atoms with Gasteiger partial charge in [-0.15, -0.1) is 11.3 Å². The van der Waals surface area contributed by atoms with Crippen molar-refractivity contribution in [3.8, 4) is 11.5 Å². The number of hydrogen-bond donors (Lipinski definition) is 0. The smallest absolute Gasteiger partial charge is 0.253 e. The third-order valence-corrected chi connectivity index (χ3v) is 9.63. The number of nitrogens with zero attached hydrogens (tertiary/aromatic N) is 1. The molecule has 0 unspecified atom stereocenters. The minimum absolute atomic E-state index is 0.0463. The molecule has 37 heavy (non-hydrogen) atoms. The fourth-order valence-corrected chi connectivity index (χ4v) is 7.55. The van der Waals surface area contributed by atoms with Gasteiger partial charge in [-0.1, -0.05) is 35.9 Å². The highest BCUT2D eigenvalue weighted by molar-refractivity contribution is 7.91. The number of rotatable bonds is 10. The normalized spacial score (nSPS) is 16.6. The molecule has 1 fully saturated rings. The summed E-state index contributed by atoms with van der Waals surface area (Å²) in [6, 6.07) is 18.0. The average molecular weight is 562 g/mol. The number of ether oxygens (including phenoxy) is 2. The molecule has 0 aliphatic carbocycles.